The van der Waals surface area contributed by atoms with Gasteiger partial charge < -0.3 is 19.9 Å². The Morgan fingerprint density at radius 1 is 1.29 bits per heavy atom. The van der Waals surface area contributed by atoms with Gasteiger partial charge in [0.2, 0.25) is 0 Å². The standard InChI is InChI=1S/C19H27N3O2/c1-6-24-12-14(3)22(5)18-10-15(7-8-17(18)20)16-9-13(2)19(23)21(4)11-16/h7-11,14H,6,12,20H2,1-5H3/t14-/m0/s1. The normalized spacial score (nSPS) is 12.2. The van der Waals surface area contributed by atoms with Crippen molar-refractivity contribution in [3.63, 3.8) is 0 Å². The van der Waals surface area contributed by atoms with E-state index in [-0.39, 0.29) is 11.6 Å². The molecule has 2 rings (SSSR count). The molecule has 1 heterocycles. The van der Waals surface area contributed by atoms with Crippen molar-refractivity contribution in [3.05, 3.63) is 46.4 Å². The summed E-state index contributed by atoms with van der Waals surface area (Å²) in [5.41, 5.74) is 10.7. The van der Waals surface area contributed by atoms with Crippen LogP contribution in [0.3, 0.4) is 0 Å². The molecule has 0 aliphatic rings. The Morgan fingerprint density at radius 2 is 2.00 bits per heavy atom. The Kier molecular flexibility index (Phi) is 5.67. The van der Waals surface area contributed by atoms with E-state index >= 15 is 0 Å². The van der Waals surface area contributed by atoms with Gasteiger partial charge in [0.15, 0.2) is 0 Å². The molecule has 5 nitrogen and oxygen atoms in total. The minimum Gasteiger partial charge on any atom is -0.397 e. The lowest BCUT2D eigenvalue weighted by molar-refractivity contribution is 0.136. The van der Waals surface area contributed by atoms with Crippen molar-refractivity contribution in [2.75, 3.05) is 30.9 Å². The Bertz CT molecular complexity index is 741. The second kappa shape index (κ2) is 7.53. The molecular weight excluding hydrogens is 302 g/mol. The summed E-state index contributed by atoms with van der Waals surface area (Å²) in [6, 6.07) is 8.09. The molecule has 0 bridgehead atoms. The fourth-order valence-corrected chi connectivity index (χ4v) is 2.70. The largest absolute Gasteiger partial charge is 0.397 e. The lowest BCUT2D eigenvalue weighted by Gasteiger charge is -2.28. The third kappa shape index (κ3) is 3.79. The maximum Gasteiger partial charge on any atom is 0.253 e. The van der Waals surface area contributed by atoms with Crippen LogP contribution in [0.25, 0.3) is 11.1 Å². The Hall–Kier alpha value is -2.27. The summed E-state index contributed by atoms with van der Waals surface area (Å²) in [6.45, 7) is 7.28. The lowest BCUT2D eigenvalue weighted by atomic mass is 10.0. The average Bonchev–Trinajstić information content (AvgIpc) is 2.56. The minimum absolute atomic E-state index is 0.0249. The third-order valence-corrected chi connectivity index (χ3v) is 4.33. The van der Waals surface area contributed by atoms with Crippen molar-refractivity contribution in [1.82, 2.24) is 4.57 Å². The number of anilines is 2. The van der Waals surface area contributed by atoms with Crippen LogP contribution in [0.1, 0.15) is 19.4 Å². The molecule has 0 fully saturated rings. The van der Waals surface area contributed by atoms with Crippen molar-refractivity contribution < 1.29 is 4.74 Å². The smallest absolute Gasteiger partial charge is 0.253 e. The molecule has 130 valence electrons. The Morgan fingerprint density at radius 3 is 2.62 bits per heavy atom. The molecule has 5 heteroatoms. The second-order valence-corrected chi connectivity index (χ2v) is 6.22. The number of nitrogens with two attached hydrogens (primary N) is 1. The highest BCUT2D eigenvalue weighted by atomic mass is 16.5. The minimum atomic E-state index is 0.0249. The van der Waals surface area contributed by atoms with Gasteiger partial charge in [0.25, 0.3) is 5.56 Å². The molecule has 0 saturated carbocycles. The number of benzene rings is 1. The predicted molar refractivity (Wildman–Crippen MR) is 101 cm³/mol. The number of likely N-dealkylation sites (N-methyl/N-ethyl adjacent to an activating group) is 1. The molecular formula is C19H27N3O2. The van der Waals surface area contributed by atoms with Gasteiger partial charge in [-0.05, 0) is 50.1 Å². The van der Waals surface area contributed by atoms with Crippen LogP contribution in [-0.4, -0.2) is 30.9 Å². The zero-order valence-corrected chi connectivity index (χ0v) is 15.2. The SMILES string of the molecule is CCOC[C@H](C)N(C)c1cc(-c2cc(C)c(=O)n(C)c2)ccc1N. The van der Waals surface area contributed by atoms with Crippen molar-refractivity contribution >= 4 is 11.4 Å². The highest BCUT2D eigenvalue weighted by molar-refractivity contribution is 5.77. The van der Waals surface area contributed by atoms with Crippen LogP contribution in [-0.2, 0) is 11.8 Å². The molecule has 0 aliphatic heterocycles. The van der Waals surface area contributed by atoms with Crippen molar-refractivity contribution in [2.24, 2.45) is 7.05 Å². The second-order valence-electron chi connectivity index (χ2n) is 6.22. The fraction of sp³-hybridized carbons (Fsp3) is 0.421. The molecule has 0 aliphatic carbocycles. The zero-order chi connectivity index (χ0) is 17.9. The highest BCUT2D eigenvalue weighted by Gasteiger charge is 2.14. The summed E-state index contributed by atoms with van der Waals surface area (Å²) in [5, 5.41) is 0. The van der Waals surface area contributed by atoms with Crippen LogP contribution in [0.15, 0.2) is 35.3 Å². The number of nitrogen functional groups attached to an aromatic ring is 1. The molecule has 1 aromatic heterocycles. The van der Waals surface area contributed by atoms with Crippen molar-refractivity contribution in [2.45, 2.75) is 26.8 Å². The summed E-state index contributed by atoms with van der Waals surface area (Å²) < 4.78 is 7.13. The van der Waals surface area contributed by atoms with E-state index in [0.29, 0.717) is 13.2 Å². The fourth-order valence-electron chi connectivity index (χ4n) is 2.70. The number of rotatable bonds is 6. The van der Waals surface area contributed by atoms with Crippen molar-refractivity contribution in [1.29, 1.82) is 0 Å². The van der Waals surface area contributed by atoms with Gasteiger partial charge in [-0.3, -0.25) is 4.79 Å². The van der Waals surface area contributed by atoms with Crippen LogP contribution in [0.4, 0.5) is 11.4 Å². The number of aromatic nitrogens is 1. The van der Waals surface area contributed by atoms with Gasteiger partial charge in [-0.2, -0.15) is 0 Å². The average molecular weight is 329 g/mol. The van der Waals surface area contributed by atoms with Gasteiger partial charge in [-0.15, -0.1) is 0 Å². The van der Waals surface area contributed by atoms with E-state index in [1.165, 1.54) is 0 Å². The molecule has 24 heavy (non-hydrogen) atoms. The first kappa shape index (κ1) is 18.1. The molecule has 0 amide bonds. The molecule has 0 spiro atoms. The van der Waals surface area contributed by atoms with E-state index in [0.717, 1.165) is 28.1 Å². The van der Waals surface area contributed by atoms with E-state index in [2.05, 4.69) is 17.9 Å². The number of hydrogen-bond acceptors (Lipinski definition) is 4. The molecule has 1 atom stereocenters. The predicted octanol–water partition coefficient (Wildman–Crippen LogP) is 2.80. The van der Waals surface area contributed by atoms with Crippen molar-refractivity contribution in [3.8, 4) is 11.1 Å². The van der Waals surface area contributed by atoms with Gasteiger partial charge in [0.05, 0.1) is 18.0 Å². The topological polar surface area (TPSA) is 60.5 Å². The summed E-state index contributed by atoms with van der Waals surface area (Å²) in [4.78, 5) is 14.0. The summed E-state index contributed by atoms with van der Waals surface area (Å²) >= 11 is 0. The molecule has 0 unspecified atom stereocenters. The van der Waals surface area contributed by atoms with E-state index in [4.69, 9.17) is 10.5 Å². The maximum absolute atomic E-state index is 11.9. The summed E-state index contributed by atoms with van der Waals surface area (Å²) in [5.74, 6) is 0. The van der Waals surface area contributed by atoms with Gasteiger partial charge in [0, 0.05) is 38.5 Å². The number of ether oxygens (including phenoxy) is 1. The van der Waals surface area contributed by atoms with Gasteiger partial charge in [-0.1, -0.05) is 6.07 Å². The third-order valence-electron chi connectivity index (χ3n) is 4.33. The van der Waals surface area contributed by atoms with Crippen LogP contribution >= 0.6 is 0 Å². The number of aryl methyl sites for hydroxylation is 2. The molecule has 1 aromatic carbocycles. The summed E-state index contributed by atoms with van der Waals surface area (Å²) in [7, 11) is 3.79. The first-order chi connectivity index (χ1) is 11.3. The van der Waals surface area contributed by atoms with E-state index in [1.807, 2.05) is 45.3 Å². The molecule has 2 aromatic rings. The first-order valence-corrected chi connectivity index (χ1v) is 8.22. The van der Waals surface area contributed by atoms with Gasteiger partial charge >= 0.3 is 0 Å². The maximum atomic E-state index is 11.9. The lowest BCUT2D eigenvalue weighted by Crippen LogP contribution is -2.33. The Labute approximate surface area is 143 Å². The Balaban J connectivity index is 2.40. The van der Waals surface area contributed by atoms with Crippen LogP contribution in [0.2, 0.25) is 0 Å². The van der Waals surface area contributed by atoms with Gasteiger partial charge in [-0.25, -0.2) is 0 Å². The first-order valence-electron chi connectivity index (χ1n) is 8.22. The van der Waals surface area contributed by atoms with Crippen LogP contribution in [0.5, 0.6) is 0 Å². The summed E-state index contributed by atoms with van der Waals surface area (Å²) in [6.07, 6.45) is 1.86. The quantitative estimate of drug-likeness (QED) is 0.828. The molecule has 0 saturated heterocycles. The molecule has 2 N–H and O–H groups in total. The monoisotopic (exact) mass is 329 g/mol. The number of nitrogens with zero attached hydrogens (tertiary/aromatic N) is 2. The number of hydrogen-bond donors (Lipinski definition) is 1. The number of pyridine rings is 1. The highest BCUT2D eigenvalue weighted by Crippen LogP contribution is 2.30. The van der Waals surface area contributed by atoms with Crippen LogP contribution in [0, 0.1) is 6.92 Å². The van der Waals surface area contributed by atoms with E-state index < -0.39 is 0 Å². The van der Waals surface area contributed by atoms with E-state index in [9.17, 15) is 4.79 Å². The van der Waals surface area contributed by atoms with Crippen LogP contribution < -0.4 is 16.2 Å². The molecule has 0 radical (unpaired) electrons. The van der Waals surface area contributed by atoms with Gasteiger partial charge in [0.1, 0.15) is 0 Å². The van der Waals surface area contributed by atoms with E-state index in [1.54, 1.807) is 11.6 Å². The zero-order valence-electron chi connectivity index (χ0n) is 15.2.